The highest BCUT2D eigenvalue weighted by atomic mass is 35.5. The molecule has 36 heavy (non-hydrogen) atoms. The van der Waals surface area contributed by atoms with Gasteiger partial charge in [-0.15, -0.1) is 0 Å². The first kappa shape index (κ1) is 26.0. The van der Waals surface area contributed by atoms with Crippen molar-refractivity contribution >= 4 is 54.8 Å². The van der Waals surface area contributed by atoms with Crippen LogP contribution in [-0.4, -0.2) is 32.1 Å². The predicted octanol–water partition coefficient (Wildman–Crippen LogP) is 5.21. The van der Waals surface area contributed by atoms with Crippen molar-refractivity contribution in [1.82, 2.24) is 4.57 Å². The minimum Gasteiger partial charge on any atom is -0.380 e. The largest absolute Gasteiger partial charge is 0.380 e. The molecule has 4 rings (SSSR count). The molecular weight excluding hydrogens is 532 g/mol. The highest BCUT2D eigenvalue weighted by molar-refractivity contribution is 7.92. The fourth-order valence-corrected chi connectivity index (χ4v) is 5.66. The van der Waals surface area contributed by atoms with E-state index in [9.17, 15) is 22.0 Å². The van der Waals surface area contributed by atoms with E-state index in [2.05, 4.69) is 9.71 Å². The SMILES string of the molecule is CCOCCn1c(=NC(=O)c2ccc(NS(=O)(=O)c3ccc(Cl)cc3)cc2)sc2cc(F)cc(F)c21. The number of nitrogens with one attached hydrogen (secondary N) is 1. The van der Waals surface area contributed by atoms with Gasteiger partial charge in [-0.3, -0.25) is 9.52 Å². The molecule has 1 N–H and O–H groups in total. The van der Waals surface area contributed by atoms with Crippen LogP contribution in [0.1, 0.15) is 17.3 Å². The van der Waals surface area contributed by atoms with Gasteiger partial charge in [-0.1, -0.05) is 22.9 Å². The quantitative estimate of drug-likeness (QED) is 0.304. The van der Waals surface area contributed by atoms with Crippen molar-refractivity contribution in [1.29, 1.82) is 0 Å². The molecule has 0 saturated carbocycles. The minimum atomic E-state index is -3.85. The lowest BCUT2D eigenvalue weighted by atomic mass is 10.2. The van der Waals surface area contributed by atoms with Crippen LogP contribution < -0.4 is 9.52 Å². The number of thiazole rings is 1. The van der Waals surface area contributed by atoms with Gasteiger partial charge in [0.05, 0.1) is 21.7 Å². The number of benzene rings is 3. The molecule has 4 aromatic rings. The van der Waals surface area contributed by atoms with Crippen LogP contribution in [-0.2, 0) is 21.3 Å². The van der Waals surface area contributed by atoms with Gasteiger partial charge in [0.25, 0.3) is 15.9 Å². The van der Waals surface area contributed by atoms with Crippen molar-refractivity contribution in [3.8, 4) is 0 Å². The van der Waals surface area contributed by atoms with E-state index in [-0.39, 0.29) is 39.6 Å². The summed E-state index contributed by atoms with van der Waals surface area (Å²) in [6.07, 6.45) is 0. The van der Waals surface area contributed by atoms with Crippen molar-refractivity contribution in [3.05, 3.63) is 87.7 Å². The maximum atomic E-state index is 14.5. The lowest BCUT2D eigenvalue weighted by Gasteiger charge is -2.08. The number of sulfonamides is 1. The lowest BCUT2D eigenvalue weighted by molar-refractivity contribution is 0.0996. The first-order chi connectivity index (χ1) is 17.2. The number of aromatic nitrogens is 1. The number of anilines is 1. The highest BCUT2D eigenvalue weighted by Crippen LogP contribution is 2.23. The summed E-state index contributed by atoms with van der Waals surface area (Å²) in [6, 6.07) is 13.4. The number of amides is 1. The topological polar surface area (TPSA) is 89.8 Å². The van der Waals surface area contributed by atoms with Crippen LogP contribution in [0.25, 0.3) is 10.2 Å². The predicted molar refractivity (Wildman–Crippen MR) is 135 cm³/mol. The minimum absolute atomic E-state index is 0.0343. The van der Waals surface area contributed by atoms with Gasteiger partial charge >= 0.3 is 0 Å². The summed E-state index contributed by atoms with van der Waals surface area (Å²) in [4.78, 5) is 17.2. The molecule has 3 aromatic carbocycles. The number of carbonyl (C=O) groups is 1. The first-order valence-electron chi connectivity index (χ1n) is 10.7. The van der Waals surface area contributed by atoms with Crippen molar-refractivity contribution in [3.63, 3.8) is 0 Å². The van der Waals surface area contributed by atoms with Gasteiger partial charge in [0.1, 0.15) is 5.82 Å². The molecule has 0 radical (unpaired) electrons. The van der Waals surface area contributed by atoms with E-state index in [0.29, 0.717) is 16.3 Å². The van der Waals surface area contributed by atoms with Gasteiger partial charge in [-0.05, 0) is 61.5 Å². The Morgan fingerprint density at radius 3 is 2.47 bits per heavy atom. The number of nitrogens with zero attached hydrogens (tertiary/aromatic N) is 2. The van der Waals surface area contributed by atoms with Crippen LogP contribution in [0.5, 0.6) is 0 Å². The van der Waals surface area contributed by atoms with E-state index >= 15 is 0 Å². The zero-order valence-corrected chi connectivity index (χ0v) is 21.3. The average Bonchev–Trinajstić information content (AvgIpc) is 3.16. The molecular formula is C24H20ClF2N3O4S2. The summed E-state index contributed by atoms with van der Waals surface area (Å²) in [5.74, 6) is -2.11. The Morgan fingerprint density at radius 1 is 1.11 bits per heavy atom. The second kappa shape index (κ2) is 10.9. The molecule has 0 fully saturated rings. The summed E-state index contributed by atoms with van der Waals surface area (Å²) in [5.41, 5.74) is 0.567. The van der Waals surface area contributed by atoms with E-state index in [0.717, 1.165) is 17.4 Å². The summed E-state index contributed by atoms with van der Waals surface area (Å²) >= 11 is 6.79. The normalized spacial score (nSPS) is 12.3. The Balaban J connectivity index is 1.61. The molecule has 1 heterocycles. The van der Waals surface area contributed by atoms with Crippen molar-refractivity contribution in [2.45, 2.75) is 18.4 Å². The molecule has 0 aliphatic heterocycles. The van der Waals surface area contributed by atoms with Gasteiger partial charge in [0, 0.05) is 35.5 Å². The molecule has 188 valence electrons. The van der Waals surface area contributed by atoms with Gasteiger partial charge in [0.15, 0.2) is 10.6 Å². The van der Waals surface area contributed by atoms with E-state index < -0.39 is 27.6 Å². The van der Waals surface area contributed by atoms with Crippen LogP contribution in [0.15, 0.2) is 70.6 Å². The number of carbonyl (C=O) groups excluding carboxylic acids is 1. The Labute approximate surface area is 214 Å². The third-order valence-corrected chi connectivity index (χ3v) is 7.74. The third-order valence-electron chi connectivity index (χ3n) is 5.06. The van der Waals surface area contributed by atoms with Crippen LogP contribution in [0, 0.1) is 11.6 Å². The molecule has 0 unspecified atom stereocenters. The summed E-state index contributed by atoms with van der Waals surface area (Å²) in [7, 11) is -3.85. The van der Waals surface area contributed by atoms with E-state index in [1.165, 1.54) is 59.2 Å². The van der Waals surface area contributed by atoms with Crippen molar-refractivity contribution in [2.24, 2.45) is 4.99 Å². The van der Waals surface area contributed by atoms with Crippen molar-refractivity contribution < 1.29 is 26.7 Å². The number of hydrogen-bond acceptors (Lipinski definition) is 5. The second-order valence-electron chi connectivity index (χ2n) is 7.52. The molecule has 1 aromatic heterocycles. The summed E-state index contributed by atoms with van der Waals surface area (Å²) in [5, 5.41) is 0.409. The summed E-state index contributed by atoms with van der Waals surface area (Å²) < 4.78 is 62.9. The number of halogens is 3. The molecule has 0 aliphatic carbocycles. The van der Waals surface area contributed by atoms with Crippen LogP contribution >= 0.6 is 22.9 Å². The average molecular weight is 552 g/mol. The molecule has 0 spiro atoms. The van der Waals surface area contributed by atoms with Crippen molar-refractivity contribution in [2.75, 3.05) is 17.9 Å². The zero-order chi connectivity index (χ0) is 25.9. The Morgan fingerprint density at radius 2 is 1.81 bits per heavy atom. The molecule has 12 heteroatoms. The van der Waals surface area contributed by atoms with Gasteiger partial charge in [0.2, 0.25) is 0 Å². The Bertz CT molecular complexity index is 1580. The lowest BCUT2D eigenvalue weighted by Crippen LogP contribution is -2.20. The Hall–Kier alpha value is -3.12. The standard InChI is InChI=1S/C24H20ClF2N3O4S2/c1-2-34-12-11-30-22-20(27)13-17(26)14-21(22)35-24(30)28-23(31)15-3-7-18(8-4-15)29-36(32,33)19-9-5-16(25)6-10-19/h3-10,13-14,29H,2,11-12H2,1H3. The number of fused-ring (bicyclic) bond motifs is 1. The second-order valence-corrected chi connectivity index (χ2v) is 10.6. The van der Waals surface area contributed by atoms with Crippen LogP contribution in [0.2, 0.25) is 5.02 Å². The van der Waals surface area contributed by atoms with Gasteiger partial charge < -0.3 is 9.30 Å². The molecule has 7 nitrogen and oxygen atoms in total. The van der Waals surface area contributed by atoms with Gasteiger partial charge in [-0.2, -0.15) is 4.99 Å². The van der Waals surface area contributed by atoms with E-state index in [1.54, 1.807) is 0 Å². The monoisotopic (exact) mass is 551 g/mol. The molecule has 1 amide bonds. The first-order valence-corrected chi connectivity index (χ1v) is 13.4. The molecule has 0 bridgehead atoms. The number of hydrogen-bond donors (Lipinski definition) is 1. The smallest absolute Gasteiger partial charge is 0.279 e. The third kappa shape index (κ3) is 5.81. The van der Waals surface area contributed by atoms with Crippen LogP contribution in [0.4, 0.5) is 14.5 Å². The summed E-state index contributed by atoms with van der Waals surface area (Å²) in [6.45, 7) is 2.75. The maximum Gasteiger partial charge on any atom is 0.279 e. The van der Waals surface area contributed by atoms with Gasteiger partial charge in [-0.25, -0.2) is 17.2 Å². The number of rotatable bonds is 8. The molecule has 0 aliphatic rings. The molecule has 0 saturated heterocycles. The van der Waals surface area contributed by atoms with Crippen LogP contribution in [0.3, 0.4) is 0 Å². The maximum absolute atomic E-state index is 14.5. The zero-order valence-electron chi connectivity index (χ0n) is 18.9. The van der Waals surface area contributed by atoms with E-state index in [1.807, 2.05) is 6.92 Å². The fourth-order valence-electron chi connectivity index (χ4n) is 3.38. The Kier molecular flexibility index (Phi) is 7.84. The highest BCUT2D eigenvalue weighted by Gasteiger charge is 2.16. The number of ether oxygens (including phenoxy) is 1. The fraction of sp³-hybridized carbons (Fsp3) is 0.167. The molecule has 0 atom stereocenters. The van der Waals surface area contributed by atoms with E-state index in [4.69, 9.17) is 16.3 Å².